The van der Waals surface area contributed by atoms with Crippen molar-refractivity contribution in [1.29, 1.82) is 0 Å². The van der Waals surface area contributed by atoms with Crippen molar-refractivity contribution in [3.63, 3.8) is 0 Å². The van der Waals surface area contributed by atoms with Crippen LogP contribution in [0.4, 0.5) is 0 Å². The number of benzene rings is 2. The number of nitrogens with one attached hydrogen (secondary N) is 1. The summed E-state index contributed by atoms with van der Waals surface area (Å²) >= 11 is 12.4. The molecule has 2 amide bonds. The van der Waals surface area contributed by atoms with Crippen LogP contribution in [-0.4, -0.2) is 35.4 Å². The summed E-state index contributed by atoms with van der Waals surface area (Å²) in [6.45, 7) is 5.90. The molecule has 3 rings (SSSR count). The highest BCUT2D eigenvalue weighted by atomic mass is 35.5. The molecule has 0 aromatic heterocycles. The number of amides is 2. The number of aryl methyl sites for hydroxylation is 2. The van der Waals surface area contributed by atoms with Crippen LogP contribution >= 0.6 is 23.2 Å². The van der Waals surface area contributed by atoms with Gasteiger partial charge in [-0.15, -0.1) is 0 Å². The predicted molar refractivity (Wildman–Crippen MR) is 133 cm³/mol. The van der Waals surface area contributed by atoms with Gasteiger partial charge < -0.3 is 15.0 Å². The molecule has 1 fully saturated rings. The lowest BCUT2D eigenvalue weighted by molar-refractivity contribution is -0.143. The van der Waals surface area contributed by atoms with Gasteiger partial charge in [-0.2, -0.15) is 0 Å². The number of ether oxygens (including phenoxy) is 1. The zero-order valence-corrected chi connectivity index (χ0v) is 21.0. The molecule has 33 heavy (non-hydrogen) atoms. The summed E-state index contributed by atoms with van der Waals surface area (Å²) in [5.74, 6) is 0.255. The second kappa shape index (κ2) is 11.8. The zero-order chi connectivity index (χ0) is 24.0. The largest absolute Gasteiger partial charge is 0.483 e. The van der Waals surface area contributed by atoms with Gasteiger partial charge >= 0.3 is 0 Å². The van der Waals surface area contributed by atoms with Crippen molar-refractivity contribution in [2.45, 2.75) is 71.5 Å². The van der Waals surface area contributed by atoms with E-state index in [1.54, 1.807) is 23.1 Å². The van der Waals surface area contributed by atoms with Gasteiger partial charge in [0.05, 0.1) is 0 Å². The van der Waals surface area contributed by atoms with Crippen LogP contribution in [0.5, 0.6) is 5.75 Å². The standard InChI is InChI=1S/C26H32Cl2N2O3/c1-4-23(26(32)29-21-7-5-6-8-21)30(15-19-10-11-20(27)14-22(19)28)25(31)16-33-24-12-9-17(2)13-18(24)3/h9-14,21,23H,4-8,15-16H2,1-3H3,(H,29,32)/t23-/m1/s1. The summed E-state index contributed by atoms with van der Waals surface area (Å²) in [7, 11) is 0. The fourth-order valence-electron chi connectivity index (χ4n) is 4.30. The van der Waals surface area contributed by atoms with Crippen LogP contribution in [0.3, 0.4) is 0 Å². The first-order chi connectivity index (χ1) is 15.8. The third kappa shape index (κ3) is 6.87. The van der Waals surface area contributed by atoms with E-state index in [2.05, 4.69) is 5.32 Å². The highest BCUT2D eigenvalue weighted by molar-refractivity contribution is 6.35. The summed E-state index contributed by atoms with van der Waals surface area (Å²) in [5.41, 5.74) is 2.81. The molecule has 1 aliphatic carbocycles. The zero-order valence-electron chi connectivity index (χ0n) is 19.5. The summed E-state index contributed by atoms with van der Waals surface area (Å²) in [5, 5.41) is 4.12. The maximum absolute atomic E-state index is 13.4. The minimum Gasteiger partial charge on any atom is -0.483 e. The average Bonchev–Trinajstić information content (AvgIpc) is 3.27. The molecule has 0 saturated heterocycles. The average molecular weight is 491 g/mol. The second-order valence-electron chi connectivity index (χ2n) is 8.73. The molecule has 2 aromatic carbocycles. The number of hydrogen-bond donors (Lipinski definition) is 1. The molecule has 5 nitrogen and oxygen atoms in total. The van der Waals surface area contributed by atoms with Crippen LogP contribution < -0.4 is 10.1 Å². The van der Waals surface area contributed by atoms with Crippen molar-refractivity contribution in [2.24, 2.45) is 0 Å². The molecular formula is C26H32Cl2N2O3. The summed E-state index contributed by atoms with van der Waals surface area (Å²) in [6.07, 6.45) is 4.69. The number of carbonyl (C=O) groups excluding carboxylic acids is 2. The molecule has 1 saturated carbocycles. The van der Waals surface area contributed by atoms with Crippen molar-refractivity contribution in [1.82, 2.24) is 10.2 Å². The van der Waals surface area contributed by atoms with Gasteiger partial charge in [0.15, 0.2) is 6.61 Å². The van der Waals surface area contributed by atoms with Gasteiger partial charge in [0.2, 0.25) is 5.91 Å². The molecule has 0 bridgehead atoms. The fourth-order valence-corrected chi connectivity index (χ4v) is 4.77. The number of hydrogen-bond acceptors (Lipinski definition) is 3. The number of rotatable bonds is 9. The Morgan fingerprint density at radius 2 is 1.85 bits per heavy atom. The predicted octanol–water partition coefficient (Wildman–Crippen LogP) is 5.86. The maximum atomic E-state index is 13.4. The maximum Gasteiger partial charge on any atom is 0.261 e. The minimum atomic E-state index is -0.618. The molecule has 0 unspecified atom stereocenters. The van der Waals surface area contributed by atoms with Gasteiger partial charge in [0, 0.05) is 22.6 Å². The van der Waals surface area contributed by atoms with E-state index in [1.807, 2.05) is 39.0 Å². The van der Waals surface area contributed by atoms with Crippen molar-refractivity contribution in [3.8, 4) is 5.75 Å². The molecule has 7 heteroatoms. The summed E-state index contributed by atoms with van der Waals surface area (Å²) in [6, 6.07) is 10.5. The number of halogens is 2. The van der Waals surface area contributed by atoms with Gasteiger partial charge in [-0.1, -0.05) is 66.7 Å². The molecule has 1 atom stereocenters. The van der Waals surface area contributed by atoms with E-state index in [4.69, 9.17) is 27.9 Å². The summed E-state index contributed by atoms with van der Waals surface area (Å²) < 4.78 is 5.85. The van der Waals surface area contributed by atoms with Gasteiger partial charge in [-0.25, -0.2) is 0 Å². The normalized spacial score (nSPS) is 14.7. The van der Waals surface area contributed by atoms with E-state index < -0.39 is 6.04 Å². The van der Waals surface area contributed by atoms with Crippen LogP contribution in [0.25, 0.3) is 0 Å². The van der Waals surface area contributed by atoms with E-state index in [0.717, 1.165) is 42.4 Å². The number of nitrogens with zero attached hydrogens (tertiary/aromatic N) is 1. The van der Waals surface area contributed by atoms with Crippen molar-refractivity contribution in [2.75, 3.05) is 6.61 Å². The van der Waals surface area contributed by atoms with E-state index in [0.29, 0.717) is 22.2 Å². The Hall–Kier alpha value is -2.24. The SMILES string of the molecule is CC[C@H](C(=O)NC1CCCC1)N(Cc1ccc(Cl)cc1Cl)C(=O)COc1ccc(C)cc1C. The molecule has 1 N–H and O–H groups in total. The smallest absolute Gasteiger partial charge is 0.261 e. The van der Waals surface area contributed by atoms with Crippen LogP contribution in [0.1, 0.15) is 55.7 Å². The van der Waals surface area contributed by atoms with Crippen molar-refractivity contribution < 1.29 is 14.3 Å². The Bertz CT molecular complexity index is 989. The summed E-state index contributed by atoms with van der Waals surface area (Å²) in [4.78, 5) is 28.1. The van der Waals surface area contributed by atoms with Gasteiger partial charge in [0.1, 0.15) is 11.8 Å². The van der Waals surface area contributed by atoms with Gasteiger partial charge in [0.25, 0.3) is 5.91 Å². The van der Waals surface area contributed by atoms with Crippen LogP contribution in [0, 0.1) is 13.8 Å². The first kappa shape index (κ1) is 25.4. The van der Waals surface area contributed by atoms with E-state index >= 15 is 0 Å². The molecule has 0 radical (unpaired) electrons. The number of carbonyl (C=O) groups is 2. The monoisotopic (exact) mass is 490 g/mol. The second-order valence-corrected chi connectivity index (χ2v) is 9.57. The molecule has 0 aliphatic heterocycles. The third-order valence-electron chi connectivity index (χ3n) is 6.12. The van der Waals surface area contributed by atoms with Crippen molar-refractivity contribution in [3.05, 3.63) is 63.1 Å². The molecule has 2 aromatic rings. The fraction of sp³-hybridized carbons (Fsp3) is 0.462. The molecule has 0 heterocycles. The van der Waals surface area contributed by atoms with Crippen LogP contribution in [0.2, 0.25) is 10.0 Å². The Morgan fingerprint density at radius 3 is 2.48 bits per heavy atom. The first-order valence-electron chi connectivity index (χ1n) is 11.5. The topological polar surface area (TPSA) is 58.6 Å². The van der Waals surface area contributed by atoms with E-state index in [1.165, 1.54) is 0 Å². The lowest BCUT2D eigenvalue weighted by Crippen LogP contribution is -2.52. The third-order valence-corrected chi connectivity index (χ3v) is 6.71. The highest BCUT2D eigenvalue weighted by Gasteiger charge is 2.31. The van der Waals surface area contributed by atoms with Gasteiger partial charge in [-0.05, 0) is 62.4 Å². The quantitative estimate of drug-likeness (QED) is 0.479. The van der Waals surface area contributed by atoms with Crippen LogP contribution in [0.15, 0.2) is 36.4 Å². The van der Waals surface area contributed by atoms with E-state index in [9.17, 15) is 9.59 Å². The molecule has 0 spiro atoms. The van der Waals surface area contributed by atoms with Gasteiger partial charge in [-0.3, -0.25) is 9.59 Å². The lowest BCUT2D eigenvalue weighted by Gasteiger charge is -2.31. The highest BCUT2D eigenvalue weighted by Crippen LogP contribution is 2.25. The first-order valence-corrected chi connectivity index (χ1v) is 12.3. The molecule has 178 valence electrons. The Kier molecular flexibility index (Phi) is 9.04. The Labute approximate surface area is 206 Å². The Balaban J connectivity index is 1.80. The molecular weight excluding hydrogens is 459 g/mol. The van der Waals surface area contributed by atoms with E-state index in [-0.39, 0.29) is 31.0 Å². The minimum absolute atomic E-state index is 0.130. The Morgan fingerprint density at radius 1 is 1.12 bits per heavy atom. The molecule has 1 aliphatic rings. The lowest BCUT2D eigenvalue weighted by atomic mass is 10.1. The van der Waals surface area contributed by atoms with Crippen LogP contribution in [-0.2, 0) is 16.1 Å². The van der Waals surface area contributed by atoms with Crippen molar-refractivity contribution >= 4 is 35.0 Å².